The molecule has 1 aromatic rings. The molecule has 0 fully saturated rings. The van der Waals surface area contributed by atoms with Crippen molar-refractivity contribution in [2.75, 3.05) is 7.11 Å². The van der Waals surface area contributed by atoms with Gasteiger partial charge in [0.2, 0.25) is 0 Å². The Morgan fingerprint density at radius 3 is 2.29 bits per heavy atom. The molecule has 92 valence electrons. The van der Waals surface area contributed by atoms with Crippen LogP contribution in [0.1, 0.15) is 18.6 Å². The molecule has 0 amide bonds. The van der Waals surface area contributed by atoms with Gasteiger partial charge in [0.25, 0.3) is 5.69 Å². The summed E-state index contributed by atoms with van der Waals surface area (Å²) in [4.78, 5) is 21.1. The zero-order valence-corrected chi connectivity index (χ0v) is 9.49. The second-order valence-corrected chi connectivity index (χ2v) is 3.56. The van der Waals surface area contributed by atoms with Gasteiger partial charge in [0.15, 0.2) is 5.78 Å². The van der Waals surface area contributed by atoms with Crippen LogP contribution in [-0.4, -0.2) is 29.0 Å². The summed E-state index contributed by atoms with van der Waals surface area (Å²) in [5.74, 6) is -0.307. The van der Waals surface area contributed by atoms with Crippen molar-refractivity contribution in [2.24, 2.45) is 0 Å². The fourth-order valence-electron chi connectivity index (χ4n) is 1.49. The Morgan fingerprint density at radius 1 is 1.41 bits per heavy atom. The molecule has 0 saturated heterocycles. The molecular formula is C11H13NO5. The van der Waals surface area contributed by atoms with Crippen LogP contribution in [0.5, 0.6) is 0 Å². The lowest BCUT2D eigenvalue weighted by molar-refractivity contribution is -0.384. The highest BCUT2D eigenvalue weighted by molar-refractivity contribution is 5.81. The first-order valence-corrected chi connectivity index (χ1v) is 4.93. The van der Waals surface area contributed by atoms with Crippen molar-refractivity contribution in [3.63, 3.8) is 0 Å². The SMILES string of the molecule is COC(C(C)=O)C(O)c1ccc([N+](=O)[O-])cc1. The van der Waals surface area contributed by atoms with E-state index in [1.54, 1.807) is 0 Å². The first-order chi connectivity index (χ1) is 7.97. The number of carbonyl (C=O) groups excluding carboxylic acids is 1. The molecule has 1 N–H and O–H groups in total. The van der Waals surface area contributed by atoms with E-state index in [0.717, 1.165) is 0 Å². The maximum absolute atomic E-state index is 11.2. The number of hydrogen-bond donors (Lipinski definition) is 1. The fraction of sp³-hybridized carbons (Fsp3) is 0.364. The van der Waals surface area contributed by atoms with Gasteiger partial charge >= 0.3 is 0 Å². The van der Waals surface area contributed by atoms with Crippen molar-refractivity contribution in [2.45, 2.75) is 19.1 Å². The fourth-order valence-corrected chi connectivity index (χ4v) is 1.49. The topological polar surface area (TPSA) is 89.7 Å². The summed E-state index contributed by atoms with van der Waals surface area (Å²) in [5, 5.41) is 20.3. The molecule has 2 unspecified atom stereocenters. The number of nitrogens with zero attached hydrogens (tertiary/aromatic N) is 1. The summed E-state index contributed by atoms with van der Waals surface area (Å²) in [6, 6.07) is 5.34. The number of nitro groups is 1. The van der Waals surface area contributed by atoms with E-state index in [4.69, 9.17) is 4.74 Å². The zero-order valence-electron chi connectivity index (χ0n) is 9.49. The van der Waals surface area contributed by atoms with Crippen LogP contribution in [0.25, 0.3) is 0 Å². The van der Waals surface area contributed by atoms with E-state index in [-0.39, 0.29) is 11.5 Å². The van der Waals surface area contributed by atoms with Crippen LogP contribution >= 0.6 is 0 Å². The number of non-ortho nitro benzene ring substituents is 1. The number of ether oxygens (including phenoxy) is 1. The van der Waals surface area contributed by atoms with E-state index in [1.807, 2.05) is 0 Å². The molecule has 0 bridgehead atoms. The lowest BCUT2D eigenvalue weighted by Gasteiger charge is -2.19. The quantitative estimate of drug-likeness (QED) is 0.616. The smallest absolute Gasteiger partial charge is 0.269 e. The molecule has 1 aromatic carbocycles. The van der Waals surface area contributed by atoms with Crippen molar-refractivity contribution in [1.29, 1.82) is 0 Å². The predicted molar refractivity (Wildman–Crippen MR) is 59.5 cm³/mol. The van der Waals surface area contributed by atoms with Crippen molar-refractivity contribution in [3.05, 3.63) is 39.9 Å². The number of hydrogen-bond acceptors (Lipinski definition) is 5. The number of ketones is 1. The van der Waals surface area contributed by atoms with Crippen LogP contribution < -0.4 is 0 Å². The second-order valence-electron chi connectivity index (χ2n) is 3.56. The average molecular weight is 239 g/mol. The van der Waals surface area contributed by atoms with Crippen LogP contribution in [0.3, 0.4) is 0 Å². The van der Waals surface area contributed by atoms with Crippen molar-refractivity contribution < 1.29 is 19.6 Å². The predicted octanol–water partition coefficient (Wildman–Crippen LogP) is 1.23. The van der Waals surface area contributed by atoms with E-state index < -0.39 is 17.1 Å². The Labute approximate surface area is 98.0 Å². The van der Waals surface area contributed by atoms with Gasteiger partial charge in [0.05, 0.1) is 4.92 Å². The van der Waals surface area contributed by atoms with Crippen molar-refractivity contribution in [1.82, 2.24) is 0 Å². The molecule has 6 nitrogen and oxygen atoms in total. The van der Waals surface area contributed by atoms with Gasteiger partial charge < -0.3 is 9.84 Å². The molecule has 0 aliphatic carbocycles. The number of benzene rings is 1. The number of nitro benzene ring substituents is 1. The largest absolute Gasteiger partial charge is 0.385 e. The highest BCUT2D eigenvalue weighted by Crippen LogP contribution is 2.22. The van der Waals surface area contributed by atoms with Crippen LogP contribution in [0.2, 0.25) is 0 Å². The second kappa shape index (κ2) is 5.51. The third kappa shape index (κ3) is 3.08. The van der Waals surface area contributed by atoms with E-state index in [2.05, 4.69) is 0 Å². The minimum absolute atomic E-state index is 0.0715. The Balaban J connectivity index is 2.92. The normalized spacial score (nSPS) is 14.1. The summed E-state index contributed by atoms with van der Waals surface area (Å²) in [5.41, 5.74) is 0.329. The molecule has 0 radical (unpaired) electrons. The number of aliphatic hydroxyl groups is 1. The van der Waals surface area contributed by atoms with E-state index in [1.165, 1.54) is 38.3 Å². The summed E-state index contributed by atoms with van der Waals surface area (Å²) < 4.78 is 4.87. The monoisotopic (exact) mass is 239 g/mol. The third-order valence-electron chi connectivity index (χ3n) is 2.39. The lowest BCUT2D eigenvalue weighted by atomic mass is 10.0. The first kappa shape index (κ1) is 13.3. The van der Waals surface area contributed by atoms with Crippen LogP contribution in [-0.2, 0) is 9.53 Å². The summed E-state index contributed by atoms with van der Waals surface area (Å²) >= 11 is 0. The molecule has 0 aromatic heterocycles. The Bertz CT molecular complexity index is 414. The number of aliphatic hydroxyl groups excluding tert-OH is 1. The zero-order chi connectivity index (χ0) is 13.0. The minimum atomic E-state index is -1.13. The van der Waals surface area contributed by atoms with Gasteiger partial charge in [0, 0.05) is 19.2 Å². The Morgan fingerprint density at radius 2 is 1.94 bits per heavy atom. The van der Waals surface area contributed by atoms with Gasteiger partial charge in [-0.25, -0.2) is 0 Å². The standard InChI is InChI=1S/C11H13NO5/c1-7(13)11(17-2)10(14)8-3-5-9(6-4-8)12(15)16/h3-6,10-11,14H,1-2H3. The van der Waals surface area contributed by atoms with Gasteiger partial charge in [-0.1, -0.05) is 0 Å². The summed E-state index contributed by atoms with van der Waals surface area (Å²) in [6.45, 7) is 1.31. The highest BCUT2D eigenvalue weighted by Gasteiger charge is 2.25. The van der Waals surface area contributed by atoms with E-state index >= 15 is 0 Å². The molecule has 17 heavy (non-hydrogen) atoms. The third-order valence-corrected chi connectivity index (χ3v) is 2.39. The number of Topliss-reactive ketones (excluding diaryl/α,β-unsaturated/α-hetero) is 1. The number of carbonyl (C=O) groups is 1. The van der Waals surface area contributed by atoms with E-state index in [9.17, 15) is 20.0 Å². The number of methoxy groups -OCH3 is 1. The Hall–Kier alpha value is -1.79. The van der Waals surface area contributed by atoms with Crippen LogP contribution in [0.15, 0.2) is 24.3 Å². The molecule has 0 heterocycles. The van der Waals surface area contributed by atoms with Gasteiger partial charge in [-0.3, -0.25) is 14.9 Å². The van der Waals surface area contributed by atoms with E-state index in [0.29, 0.717) is 5.56 Å². The average Bonchev–Trinajstić information content (AvgIpc) is 2.29. The molecule has 1 rings (SSSR count). The molecule has 0 aliphatic heterocycles. The highest BCUT2D eigenvalue weighted by atomic mass is 16.6. The molecule has 0 saturated carbocycles. The first-order valence-electron chi connectivity index (χ1n) is 4.93. The molecule has 6 heteroatoms. The molecule has 0 aliphatic rings. The molecular weight excluding hydrogens is 226 g/mol. The Kier molecular flexibility index (Phi) is 4.30. The maximum atomic E-state index is 11.2. The van der Waals surface area contributed by atoms with Crippen LogP contribution in [0, 0.1) is 10.1 Å². The maximum Gasteiger partial charge on any atom is 0.269 e. The molecule has 2 atom stereocenters. The lowest BCUT2D eigenvalue weighted by Crippen LogP contribution is -2.28. The summed E-state index contributed by atoms with van der Waals surface area (Å²) in [6.07, 6.45) is -2.09. The summed E-state index contributed by atoms with van der Waals surface area (Å²) in [7, 11) is 1.32. The van der Waals surface area contributed by atoms with Gasteiger partial charge in [-0.05, 0) is 24.6 Å². The van der Waals surface area contributed by atoms with Gasteiger partial charge in [-0.2, -0.15) is 0 Å². The van der Waals surface area contributed by atoms with Gasteiger partial charge in [0.1, 0.15) is 12.2 Å². The van der Waals surface area contributed by atoms with Crippen LogP contribution in [0.4, 0.5) is 5.69 Å². The van der Waals surface area contributed by atoms with Crippen molar-refractivity contribution >= 4 is 11.5 Å². The molecule has 0 spiro atoms. The number of rotatable bonds is 5. The minimum Gasteiger partial charge on any atom is -0.385 e. The van der Waals surface area contributed by atoms with Crippen molar-refractivity contribution in [3.8, 4) is 0 Å². The van der Waals surface area contributed by atoms with Gasteiger partial charge in [-0.15, -0.1) is 0 Å².